The summed E-state index contributed by atoms with van der Waals surface area (Å²) in [7, 11) is 0. The zero-order chi connectivity index (χ0) is 13.0. The molecule has 2 aliphatic rings. The van der Waals surface area contributed by atoms with Gasteiger partial charge >= 0.3 is 0 Å². The Hall–Kier alpha value is -0.610. The molecule has 1 unspecified atom stereocenters. The highest BCUT2D eigenvalue weighted by Crippen LogP contribution is 2.33. The average molecular weight is 254 g/mol. The van der Waals surface area contributed by atoms with Crippen LogP contribution < -0.4 is 10.6 Å². The van der Waals surface area contributed by atoms with Crippen LogP contribution in [0, 0.1) is 5.41 Å². The van der Waals surface area contributed by atoms with Crippen molar-refractivity contribution in [1.82, 2.24) is 10.6 Å². The second-order valence-corrected chi connectivity index (χ2v) is 5.68. The van der Waals surface area contributed by atoms with Crippen LogP contribution >= 0.6 is 0 Å². The van der Waals surface area contributed by atoms with Crippen LogP contribution in [0.4, 0.5) is 0 Å². The summed E-state index contributed by atoms with van der Waals surface area (Å²) in [5, 5.41) is 6.55. The Balaban J connectivity index is 1.80. The van der Waals surface area contributed by atoms with Gasteiger partial charge in [0.05, 0.1) is 11.5 Å². The predicted octanol–water partition coefficient (Wildman–Crippen LogP) is 1.45. The third-order valence-electron chi connectivity index (χ3n) is 4.29. The van der Waals surface area contributed by atoms with E-state index in [9.17, 15) is 4.79 Å². The maximum Gasteiger partial charge on any atom is 0.227 e. The Morgan fingerprint density at radius 1 is 1.44 bits per heavy atom. The number of hydrogen-bond acceptors (Lipinski definition) is 3. The second kappa shape index (κ2) is 6.02. The fourth-order valence-electron chi connectivity index (χ4n) is 3.14. The van der Waals surface area contributed by atoms with Gasteiger partial charge in [-0.25, -0.2) is 0 Å². The number of hydrogen-bond donors (Lipinski definition) is 2. The monoisotopic (exact) mass is 254 g/mol. The number of carbonyl (C=O) groups is 1. The molecule has 1 aliphatic carbocycles. The van der Waals surface area contributed by atoms with Gasteiger partial charge in [0.25, 0.3) is 0 Å². The smallest absolute Gasteiger partial charge is 0.227 e. The van der Waals surface area contributed by atoms with E-state index in [2.05, 4.69) is 17.6 Å². The molecule has 4 heteroatoms. The first-order valence-electron chi connectivity index (χ1n) is 7.33. The molecule has 104 valence electrons. The van der Waals surface area contributed by atoms with Gasteiger partial charge in [-0.2, -0.15) is 0 Å². The first-order chi connectivity index (χ1) is 8.70. The number of rotatable bonds is 6. The summed E-state index contributed by atoms with van der Waals surface area (Å²) in [6, 6.07) is 0.336. The van der Waals surface area contributed by atoms with Crippen molar-refractivity contribution < 1.29 is 9.53 Å². The lowest BCUT2D eigenvalue weighted by atomic mass is 9.80. The summed E-state index contributed by atoms with van der Waals surface area (Å²) < 4.78 is 5.52. The zero-order valence-corrected chi connectivity index (χ0v) is 11.6. The molecule has 0 aromatic heterocycles. The lowest BCUT2D eigenvalue weighted by Gasteiger charge is -2.38. The van der Waals surface area contributed by atoms with Crippen molar-refractivity contribution >= 4 is 5.91 Å². The zero-order valence-electron chi connectivity index (χ0n) is 11.6. The summed E-state index contributed by atoms with van der Waals surface area (Å²) in [6.45, 7) is 6.76. The van der Waals surface area contributed by atoms with E-state index in [1.54, 1.807) is 0 Å². The minimum atomic E-state index is -0.147. The van der Waals surface area contributed by atoms with Gasteiger partial charge < -0.3 is 15.4 Å². The first kappa shape index (κ1) is 13.8. The van der Waals surface area contributed by atoms with Crippen molar-refractivity contribution in [3.63, 3.8) is 0 Å². The lowest BCUT2D eigenvalue weighted by molar-refractivity contribution is -0.133. The molecule has 0 aromatic rings. The molecule has 4 nitrogen and oxygen atoms in total. The Morgan fingerprint density at radius 2 is 2.22 bits per heavy atom. The van der Waals surface area contributed by atoms with Crippen LogP contribution in [0.5, 0.6) is 0 Å². The summed E-state index contributed by atoms with van der Waals surface area (Å²) >= 11 is 0. The molecule has 0 spiro atoms. The van der Waals surface area contributed by atoms with E-state index in [1.165, 1.54) is 0 Å². The third kappa shape index (κ3) is 2.86. The van der Waals surface area contributed by atoms with Gasteiger partial charge in [0.1, 0.15) is 0 Å². The molecular formula is C14H26N2O2. The van der Waals surface area contributed by atoms with E-state index < -0.39 is 0 Å². The normalized spacial score (nSPS) is 35.2. The van der Waals surface area contributed by atoms with Gasteiger partial charge in [0.2, 0.25) is 5.91 Å². The Morgan fingerprint density at radius 3 is 2.78 bits per heavy atom. The number of carbonyl (C=O) groups excluding carboxylic acids is 1. The van der Waals surface area contributed by atoms with Crippen LogP contribution in [0.2, 0.25) is 0 Å². The van der Waals surface area contributed by atoms with E-state index in [0.717, 1.165) is 51.8 Å². The van der Waals surface area contributed by atoms with Crippen LogP contribution in [0.25, 0.3) is 0 Å². The molecule has 0 bridgehead atoms. The summed E-state index contributed by atoms with van der Waals surface area (Å²) in [6.07, 6.45) is 5.37. The van der Waals surface area contributed by atoms with Gasteiger partial charge in [-0.15, -0.1) is 0 Å². The van der Waals surface area contributed by atoms with Crippen molar-refractivity contribution in [3.8, 4) is 0 Å². The summed E-state index contributed by atoms with van der Waals surface area (Å²) in [4.78, 5) is 12.4. The molecule has 1 saturated carbocycles. The molecule has 2 fully saturated rings. The highest BCUT2D eigenvalue weighted by Gasteiger charge is 2.42. The van der Waals surface area contributed by atoms with Crippen LogP contribution in [0.3, 0.4) is 0 Å². The first-order valence-corrected chi connectivity index (χ1v) is 7.33. The van der Waals surface area contributed by atoms with Gasteiger partial charge in [-0.1, -0.05) is 13.3 Å². The van der Waals surface area contributed by atoms with Gasteiger partial charge in [0.15, 0.2) is 0 Å². The van der Waals surface area contributed by atoms with Gasteiger partial charge in [0, 0.05) is 19.2 Å². The molecule has 1 atom stereocenters. The molecule has 1 aliphatic heterocycles. The molecule has 1 amide bonds. The number of ether oxygens (including phenoxy) is 1. The largest absolute Gasteiger partial charge is 0.378 e. The predicted molar refractivity (Wildman–Crippen MR) is 71.4 cm³/mol. The molecule has 2 N–H and O–H groups in total. The molecule has 1 heterocycles. The van der Waals surface area contributed by atoms with E-state index in [4.69, 9.17) is 4.74 Å². The lowest BCUT2D eigenvalue weighted by Crippen LogP contribution is -2.53. The highest BCUT2D eigenvalue weighted by atomic mass is 16.5. The fraction of sp³-hybridized carbons (Fsp3) is 0.929. The van der Waals surface area contributed by atoms with Gasteiger partial charge in [-0.3, -0.25) is 4.79 Å². The maximum atomic E-state index is 12.4. The average Bonchev–Trinajstić information content (AvgIpc) is 2.76. The van der Waals surface area contributed by atoms with Crippen LogP contribution in [0.1, 0.15) is 46.0 Å². The Kier molecular flexibility index (Phi) is 4.62. The summed E-state index contributed by atoms with van der Waals surface area (Å²) in [5.41, 5.74) is -0.147. The molecule has 1 saturated heterocycles. The third-order valence-corrected chi connectivity index (χ3v) is 4.29. The molecule has 0 aromatic carbocycles. The Bertz CT molecular complexity index is 282. The van der Waals surface area contributed by atoms with E-state index in [-0.39, 0.29) is 11.3 Å². The van der Waals surface area contributed by atoms with E-state index in [1.807, 2.05) is 6.92 Å². The minimum absolute atomic E-state index is 0.147. The molecule has 2 rings (SSSR count). The van der Waals surface area contributed by atoms with Crippen molar-refractivity contribution in [2.45, 2.75) is 58.1 Å². The quantitative estimate of drug-likeness (QED) is 0.754. The standard InChI is InChI=1S/C14H26N2O2/c1-3-5-14(6-7-15-10-14)13(17)16-11-8-12(9-11)18-4-2/h11-12,15H,3-10H2,1-2H3,(H,16,17). The van der Waals surface area contributed by atoms with E-state index in [0.29, 0.717) is 12.1 Å². The fourth-order valence-corrected chi connectivity index (χ4v) is 3.14. The van der Waals surface area contributed by atoms with Crippen molar-refractivity contribution in [2.24, 2.45) is 5.41 Å². The molecular weight excluding hydrogens is 228 g/mol. The minimum Gasteiger partial charge on any atom is -0.378 e. The van der Waals surface area contributed by atoms with Crippen molar-refractivity contribution in [3.05, 3.63) is 0 Å². The Labute approximate surface area is 110 Å². The topological polar surface area (TPSA) is 50.4 Å². The summed E-state index contributed by atoms with van der Waals surface area (Å²) in [5.74, 6) is 0.259. The van der Waals surface area contributed by atoms with Crippen LogP contribution in [-0.2, 0) is 9.53 Å². The van der Waals surface area contributed by atoms with Crippen LogP contribution in [0.15, 0.2) is 0 Å². The molecule has 18 heavy (non-hydrogen) atoms. The second-order valence-electron chi connectivity index (χ2n) is 5.68. The van der Waals surface area contributed by atoms with Crippen molar-refractivity contribution in [2.75, 3.05) is 19.7 Å². The molecule has 0 radical (unpaired) electrons. The number of nitrogens with one attached hydrogen (secondary N) is 2. The van der Waals surface area contributed by atoms with E-state index >= 15 is 0 Å². The highest BCUT2D eigenvalue weighted by molar-refractivity contribution is 5.83. The number of amides is 1. The maximum absolute atomic E-state index is 12.4. The SMILES string of the molecule is CCCC1(C(=O)NC2CC(OCC)C2)CCNC1. The van der Waals surface area contributed by atoms with Gasteiger partial charge in [-0.05, 0) is 39.2 Å². The van der Waals surface area contributed by atoms with Crippen LogP contribution in [-0.4, -0.2) is 37.7 Å². The van der Waals surface area contributed by atoms with Crippen molar-refractivity contribution in [1.29, 1.82) is 0 Å².